The summed E-state index contributed by atoms with van der Waals surface area (Å²) in [4.78, 5) is 12.5. The Morgan fingerprint density at radius 2 is 1.93 bits per heavy atom. The van der Waals surface area contributed by atoms with E-state index in [4.69, 9.17) is 0 Å². The van der Waals surface area contributed by atoms with E-state index in [0.717, 1.165) is 41.2 Å². The van der Waals surface area contributed by atoms with Crippen LogP contribution < -0.4 is 5.32 Å². The van der Waals surface area contributed by atoms with E-state index >= 15 is 0 Å². The number of hydrogen-bond acceptors (Lipinski definition) is 3. The summed E-state index contributed by atoms with van der Waals surface area (Å²) in [6, 6.07) is 11.2. The minimum atomic E-state index is -2.63. The largest absolute Gasteiger partial charge is 0.350 e. The first-order chi connectivity index (χ1) is 13.9. The lowest BCUT2D eigenvalue weighted by molar-refractivity contribution is -0.122. The lowest BCUT2D eigenvalue weighted by Crippen LogP contribution is -2.28. The van der Waals surface area contributed by atoms with Crippen LogP contribution >= 0.6 is 0 Å². The average Bonchev–Trinajstić information content (AvgIpc) is 3.39. The topological polar surface area (TPSA) is 64.7 Å². The summed E-state index contributed by atoms with van der Waals surface area (Å²) in [5, 5.41) is 11.4. The first-order valence-corrected chi connectivity index (χ1v) is 9.67. The van der Waals surface area contributed by atoms with Crippen LogP contribution in [0.25, 0.3) is 5.69 Å². The van der Waals surface area contributed by atoms with Gasteiger partial charge in [0.2, 0.25) is 5.91 Å². The molecule has 8 heteroatoms. The lowest BCUT2D eigenvalue weighted by Gasteiger charge is -2.09. The highest BCUT2D eigenvalue weighted by atomic mass is 19.3. The Labute approximate surface area is 167 Å². The molecule has 0 radical (unpaired) electrons. The fourth-order valence-electron chi connectivity index (χ4n) is 3.52. The van der Waals surface area contributed by atoms with Crippen molar-refractivity contribution >= 4 is 5.91 Å². The molecule has 0 spiro atoms. The third-order valence-corrected chi connectivity index (χ3v) is 5.25. The van der Waals surface area contributed by atoms with Crippen LogP contribution in [-0.2, 0) is 17.9 Å². The predicted molar refractivity (Wildman–Crippen MR) is 104 cm³/mol. The molecule has 1 N–H and O–H groups in total. The van der Waals surface area contributed by atoms with Gasteiger partial charge in [0.1, 0.15) is 12.2 Å². The second-order valence-electron chi connectivity index (χ2n) is 7.40. The van der Waals surface area contributed by atoms with Crippen molar-refractivity contribution in [1.82, 2.24) is 24.9 Å². The van der Waals surface area contributed by atoms with Crippen LogP contribution in [0.5, 0.6) is 0 Å². The van der Waals surface area contributed by atoms with Crippen molar-refractivity contribution in [3.8, 4) is 5.69 Å². The molecule has 152 valence electrons. The van der Waals surface area contributed by atoms with E-state index in [-0.39, 0.29) is 24.1 Å². The van der Waals surface area contributed by atoms with Gasteiger partial charge in [0.25, 0.3) is 6.43 Å². The van der Waals surface area contributed by atoms with E-state index in [1.807, 2.05) is 48.9 Å². The summed E-state index contributed by atoms with van der Waals surface area (Å²) in [6.45, 7) is 4.12. The molecule has 1 aliphatic rings. The van der Waals surface area contributed by atoms with Gasteiger partial charge in [0.15, 0.2) is 0 Å². The average molecular weight is 399 g/mol. The number of amides is 1. The Bertz CT molecular complexity index is 1020. The minimum Gasteiger partial charge on any atom is -0.350 e. The second-order valence-corrected chi connectivity index (χ2v) is 7.40. The Hall–Kier alpha value is -3.03. The second kappa shape index (κ2) is 7.77. The number of aromatic nitrogens is 4. The van der Waals surface area contributed by atoms with Crippen LogP contribution in [0.2, 0.25) is 0 Å². The molecule has 29 heavy (non-hydrogen) atoms. The van der Waals surface area contributed by atoms with Gasteiger partial charge in [-0.2, -0.15) is 10.2 Å². The van der Waals surface area contributed by atoms with Crippen molar-refractivity contribution in [2.45, 2.75) is 52.1 Å². The highest BCUT2D eigenvalue weighted by molar-refractivity contribution is 5.75. The number of nitrogens with one attached hydrogen (secondary N) is 1. The monoisotopic (exact) mass is 399 g/mol. The van der Waals surface area contributed by atoms with Gasteiger partial charge in [-0.25, -0.2) is 13.5 Å². The number of halogens is 2. The molecule has 0 unspecified atom stereocenters. The van der Waals surface area contributed by atoms with E-state index in [0.29, 0.717) is 6.54 Å². The SMILES string of the molecule is Cc1nn(-c2ccccc2)c(C)c1CNC(=O)Cn1nc(C(F)F)cc1C1CC1. The zero-order chi connectivity index (χ0) is 20.5. The summed E-state index contributed by atoms with van der Waals surface area (Å²) in [7, 11) is 0. The molecule has 1 fully saturated rings. The van der Waals surface area contributed by atoms with E-state index in [1.54, 1.807) is 0 Å². The number of aryl methyl sites for hydroxylation is 1. The van der Waals surface area contributed by atoms with Crippen molar-refractivity contribution in [2.75, 3.05) is 0 Å². The molecule has 0 aliphatic heterocycles. The highest BCUT2D eigenvalue weighted by Crippen LogP contribution is 2.41. The number of nitrogens with zero attached hydrogens (tertiary/aromatic N) is 4. The smallest absolute Gasteiger partial charge is 0.282 e. The summed E-state index contributed by atoms with van der Waals surface area (Å²) in [5.74, 6) is -0.0292. The number of para-hydroxylation sites is 1. The zero-order valence-electron chi connectivity index (χ0n) is 16.4. The Morgan fingerprint density at radius 1 is 1.21 bits per heavy atom. The molecule has 4 rings (SSSR count). The van der Waals surface area contributed by atoms with Crippen molar-refractivity contribution in [3.05, 3.63) is 64.7 Å². The van der Waals surface area contributed by atoms with Gasteiger partial charge in [0.05, 0.1) is 11.4 Å². The maximum Gasteiger partial charge on any atom is 0.282 e. The fourth-order valence-corrected chi connectivity index (χ4v) is 3.52. The molecule has 2 aromatic heterocycles. The van der Waals surface area contributed by atoms with Gasteiger partial charge in [-0.15, -0.1) is 0 Å². The van der Waals surface area contributed by atoms with Crippen molar-refractivity contribution in [3.63, 3.8) is 0 Å². The van der Waals surface area contributed by atoms with Gasteiger partial charge in [-0.05, 0) is 44.9 Å². The molecule has 1 aliphatic carbocycles. The van der Waals surface area contributed by atoms with Gasteiger partial charge >= 0.3 is 0 Å². The van der Waals surface area contributed by atoms with Gasteiger partial charge in [0, 0.05) is 29.4 Å². The third-order valence-electron chi connectivity index (χ3n) is 5.25. The maximum absolute atomic E-state index is 13.0. The van der Waals surface area contributed by atoms with Crippen LogP contribution in [0, 0.1) is 13.8 Å². The molecule has 2 heterocycles. The quantitative estimate of drug-likeness (QED) is 0.657. The standard InChI is InChI=1S/C21H23F2N5O/c1-13-17(14(2)28(25-13)16-6-4-3-5-7-16)11-24-20(29)12-27-19(15-8-9-15)10-18(26-27)21(22)23/h3-7,10,15,21H,8-9,11-12H2,1-2H3,(H,24,29). The van der Waals surface area contributed by atoms with Crippen LogP contribution in [0.15, 0.2) is 36.4 Å². The van der Waals surface area contributed by atoms with Crippen molar-refractivity contribution in [2.24, 2.45) is 0 Å². The number of carbonyl (C=O) groups is 1. The molecular weight excluding hydrogens is 376 g/mol. The maximum atomic E-state index is 13.0. The molecule has 1 aromatic carbocycles. The first kappa shape index (κ1) is 19.3. The third kappa shape index (κ3) is 4.06. The summed E-state index contributed by atoms with van der Waals surface area (Å²) in [5.41, 5.74) is 4.14. The molecular formula is C21H23F2N5O. The Balaban J connectivity index is 1.45. The summed E-state index contributed by atoms with van der Waals surface area (Å²) in [6.07, 6.45) is -0.731. The Kier molecular flexibility index (Phi) is 5.17. The lowest BCUT2D eigenvalue weighted by atomic mass is 10.2. The number of rotatable bonds is 7. The van der Waals surface area contributed by atoms with Crippen molar-refractivity contribution < 1.29 is 13.6 Å². The molecule has 1 amide bonds. The number of benzene rings is 1. The van der Waals surface area contributed by atoms with Crippen LogP contribution in [0.1, 0.15) is 53.5 Å². The van der Waals surface area contributed by atoms with Crippen molar-refractivity contribution in [1.29, 1.82) is 0 Å². The Morgan fingerprint density at radius 3 is 2.59 bits per heavy atom. The number of hydrogen-bond donors (Lipinski definition) is 1. The molecule has 6 nitrogen and oxygen atoms in total. The van der Waals surface area contributed by atoms with Crippen LogP contribution in [0.4, 0.5) is 8.78 Å². The molecule has 0 bridgehead atoms. The fraction of sp³-hybridized carbons (Fsp3) is 0.381. The van der Waals surface area contributed by atoms with Gasteiger partial charge < -0.3 is 5.32 Å². The van der Waals surface area contributed by atoms with E-state index in [9.17, 15) is 13.6 Å². The van der Waals surface area contributed by atoms with E-state index in [2.05, 4.69) is 15.5 Å². The normalized spacial score (nSPS) is 13.8. The summed E-state index contributed by atoms with van der Waals surface area (Å²) >= 11 is 0. The molecule has 1 saturated carbocycles. The van der Waals surface area contributed by atoms with E-state index < -0.39 is 6.43 Å². The van der Waals surface area contributed by atoms with E-state index in [1.165, 1.54) is 10.7 Å². The number of carbonyl (C=O) groups excluding carboxylic acids is 1. The van der Waals surface area contributed by atoms with Crippen LogP contribution in [-0.4, -0.2) is 25.5 Å². The first-order valence-electron chi connectivity index (χ1n) is 9.67. The highest BCUT2D eigenvalue weighted by Gasteiger charge is 2.30. The molecule has 0 atom stereocenters. The predicted octanol–water partition coefficient (Wildman–Crippen LogP) is 3.82. The zero-order valence-corrected chi connectivity index (χ0v) is 16.4. The minimum absolute atomic E-state index is 0.0660. The summed E-state index contributed by atoms with van der Waals surface area (Å²) < 4.78 is 29.3. The number of alkyl halides is 2. The van der Waals surface area contributed by atoms with Gasteiger partial charge in [-0.3, -0.25) is 9.48 Å². The molecule has 3 aromatic rings. The van der Waals surface area contributed by atoms with Gasteiger partial charge in [-0.1, -0.05) is 18.2 Å². The molecule has 0 saturated heterocycles. The van der Waals surface area contributed by atoms with Crippen LogP contribution in [0.3, 0.4) is 0 Å².